The molecule has 1 amide bonds. The Morgan fingerprint density at radius 1 is 1.27 bits per heavy atom. The van der Waals surface area contributed by atoms with Crippen molar-refractivity contribution in [3.05, 3.63) is 0 Å². The van der Waals surface area contributed by atoms with Gasteiger partial charge in [0.2, 0.25) is 5.91 Å². The first kappa shape index (κ1) is 13.6. The molecule has 0 aliphatic carbocycles. The lowest BCUT2D eigenvalue weighted by atomic mass is 10.2. The lowest BCUT2D eigenvalue weighted by Crippen LogP contribution is -2.42. The summed E-state index contributed by atoms with van der Waals surface area (Å²) in [4.78, 5) is 32.1. The number of aliphatic hydroxyl groups is 1. The van der Waals surface area contributed by atoms with Crippen LogP contribution in [0.15, 0.2) is 0 Å². The number of amides is 1. The van der Waals surface area contributed by atoms with Crippen molar-refractivity contribution >= 4 is 17.7 Å². The normalized spacial score (nSPS) is 11.9. The van der Waals surface area contributed by atoms with E-state index >= 15 is 0 Å². The summed E-state index contributed by atoms with van der Waals surface area (Å²) in [6.45, 7) is 0.818. The molecule has 6 nitrogen and oxygen atoms in total. The van der Waals surface area contributed by atoms with Crippen LogP contribution in [0.1, 0.15) is 26.2 Å². The second-order valence-electron chi connectivity index (χ2n) is 3.16. The highest BCUT2D eigenvalue weighted by atomic mass is 16.4. The van der Waals surface area contributed by atoms with E-state index in [9.17, 15) is 14.4 Å². The molecule has 1 atom stereocenters. The minimum Gasteiger partial charge on any atom is -0.481 e. The van der Waals surface area contributed by atoms with Crippen molar-refractivity contribution in [3.8, 4) is 0 Å². The number of hydrogen-bond donors (Lipinski definition) is 3. The summed E-state index contributed by atoms with van der Waals surface area (Å²) in [5, 5.41) is 19.4. The highest BCUT2D eigenvalue weighted by molar-refractivity contribution is 5.87. The number of hydrogen-bond acceptors (Lipinski definition) is 4. The number of carbonyl (C=O) groups excluding carboxylic acids is 2. The van der Waals surface area contributed by atoms with E-state index in [1.165, 1.54) is 6.92 Å². The van der Waals surface area contributed by atoms with Crippen molar-refractivity contribution < 1.29 is 24.6 Å². The maximum Gasteiger partial charge on any atom is 0.303 e. The molecule has 3 N–H and O–H groups in total. The smallest absolute Gasteiger partial charge is 0.303 e. The number of carboxylic acids is 1. The highest BCUT2D eigenvalue weighted by Crippen LogP contribution is 1.96. The third kappa shape index (κ3) is 6.62. The molecule has 0 saturated heterocycles. The zero-order valence-electron chi connectivity index (χ0n) is 8.52. The van der Waals surface area contributed by atoms with E-state index in [2.05, 4.69) is 5.32 Å². The Hall–Kier alpha value is -1.43. The maximum atomic E-state index is 11.1. The number of carbonyl (C=O) groups is 3. The number of rotatable bonds is 7. The van der Waals surface area contributed by atoms with E-state index in [-0.39, 0.29) is 25.0 Å². The molecule has 0 aromatic heterocycles. The molecule has 86 valence electrons. The van der Waals surface area contributed by atoms with Gasteiger partial charge in [-0.3, -0.25) is 14.4 Å². The average molecular weight is 217 g/mol. The molecule has 0 radical (unpaired) electrons. The molecule has 0 aromatic carbocycles. The van der Waals surface area contributed by atoms with E-state index < -0.39 is 24.5 Å². The second-order valence-corrected chi connectivity index (χ2v) is 3.16. The molecule has 0 aromatic rings. The van der Waals surface area contributed by atoms with Gasteiger partial charge in [0.25, 0.3) is 0 Å². The van der Waals surface area contributed by atoms with Gasteiger partial charge in [-0.1, -0.05) is 0 Å². The SMILES string of the molecule is CC(=O)[C@H](CO)NC(=O)CCCC(=O)O. The Morgan fingerprint density at radius 3 is 2.27 bits per heavy atom. The summed E-state index contributed by atoms with van der Waals surface area (Å²) >= 11 is 0. The second kappa shape index (κ2) is 6.94. The minimum absolute atomic E-state index is 0.0378. The minimum atomic E-state index is -0.965. The Morgan fingerprint density at radius 2 is 1.87 bits per heavy atom. The van der Waals surface area contributed by atoms with Crippen LogP contribution in [0.25, 0.3) is 0 Å². The van der Waals surface area contributed by atoms with Gasteiger partial charge in [-0.15, -0.1) is 0 Å². The summed E-state index contributed by atoms with van der Waals surface area (Å²) in [7, 11) is 0. The molecular weight excluding hydrogens is 202 g/mol. The first-order valence-electron chi connectivity index (χ1n) is 4.59. The summed E-state index contributed by atoms with van der Waals surface area (Å²) in [5.74, 6) is -1.72. The van der Waals surface area contributed by atoms with E-state index in [4.69, 9.17) is 10.2 Å². The number of nitrogens with one attached hydrogen (secondary N) is 1. The van der Waals surface area contributed by atoms with Gasteiger partial charge in [0, 0.05) is 12.8 Å². The first-order valence-corrected chi connectivity index (χ1v) is 4.59. The van der Waals surface area contributed by atoms with Crippen LogP contribution in [0.2, 0.25) is 0 Å². The van der Waals surface area contributed by atoms with Crippen LogP contribution in [-0.4, -0.2) is 40.5 Å². The van der Waals surface area contributed by atoms with Crippen LogP contribution < -0.4 is 5.32 Å². The van der Waals surface area contributed by atoms with Crippen LogP contribution in [0, 0.1) is 0 Å². The van der Waals surface area contributed by atoms with Crippen molar-refractivity contribution in [3.63, 3.8) is 0 Å². The number of carboxylic acid groups (broad SMARTS) is 1. The Labute approximate surface area is 87.3 Å². The van der Waals surface area contributed by atoms with E-state index in [0.717, 1.165) is 0 Å². The Kier molecular flexibility index (Phi) is 6.28. The number of Topliss-reactive ketones (excluding diaryl/α,β-unsaturated/α-hetero) is 1. The Bertz CT molecular complexity index is 251. The molecule has 0 saturated carbocycles. The molecule has 0 rings (SSSR count). The van der Waals surface area contributed by atoms with Crippen molar-refractivity contribution in [2.75, 3.05) is 6.61 Å². The van der Waals surface area contributed by atoms with Crippen molar-refractivity contribution in [1.82, 2.24) is 5.32 Å². The summed E-state index contributed by atoms with van der Waals surface area (Å²) in [6, 6.07) is -0.887. The van der Waals surface area contributed by atoms with Gasteiger partial charge < -0.3 is 15.5 Å². The molecule has 0 aliphatic rings. The predicted molar refractivity (Wildman–Crippen MR) is 51.2 cm³/mol. The van der Waals surface area contributed by atoms with Gasteiger partial charge in [-0.25, -0.2) is 0 Å². The average Bonchev–Trinajstić information content (AvgIpc) is 2.13. The quantitative estimate of drug-likeness (QED) is 0.523. The van der Waals surface area contributed by atoms with Gasteiger partial charge >= 0.3 is 5.97 Å². The number of ketones is 1. The lowest BCUT2D eigenvalue weighted by Gasteiger charge is -2.12. The molecular formula is C9H15NO5. The standard InChI is InChI=1S/C9H15NO5/c1-6(12)7(5-11)10-8(13)3-2-4-9(14)15/h7,11H,2-5H2,1H3,(H,10,13)(H,14,15)/t7-/m0/s1. The molecule has 0 bridgehead atoms. The van der Waals surface area contributed by atoms with Crippen LogP contribution in [0.3, 0.4) is 0 Å². The first-order chi connectivity index (χ1) is 6.97. The zero-order valence-corrected chi connectivity index (χ0v) is 8.52. The molecule has 0 unspecified atom stereocenters. The fourth-order valence-corrected chi connectivity index (χ4v) is 0.942. The zero-order chi connectivity index (χ0) is 11.8. The van der Waals surface area contributed by atoms with E-state index in [1.54, 1.807) is 0 Å². The molecule has 6 heteroatoms. The predicted octanol–water partition coefficient (Wildman–Crippen LogP) is -0.693. The third-order valence-corrected chi connectivity index (χ3v) is 1.80. The van der Waals surface area contributed by atoms with Crippen molar-refractivity contribution in [2.45, 2.75) is 32.2 Å². The van der Waals surface area contributed by atoms with E-state index in [1.807, 2.05) is 0 Å². The van der Waals surface area contributed by atoms with Crippen molar-refractivity contribution in [1.29, 1.82) is 0 Å². The van der Waals surface area contributed by atoms with Crippen molar-refractivity contribution in [2.24, 2.45) is 0 Å². The van der Waals surface area contributed by atoms with Crippen LogP contribution >= 0.6 is 0 Å². The van der Waals surface area contributed by atoms with Gasteiger partial charge in [0.15, 0.2) is 5.78 Å². The van der Waals surface area contributed by atoms with Crippen LogP contribution in [0.5, 0.6) is 0 Å². The van der Waals surface area contributed by atoms with Gasteiger partial charge in [-0.2, -0.15) is 0 Å². The highest BCUT2D eigenvalue weighted by Gasteiger charge is 2.15. The molecule has 0 fully saturated rings. The number of aliphatic hydroxyl groups excluding tert-OH is 1. The summed E-state index contributed by atoms with van der Waals surface area (Å²) in [5.41, 5.74) is 0. The molecule has 0 spiro atoms. The van der Waals surface area contributed by atoms with Crippen LogP contribution in [-0.2, 0) is 14.4 Å². The van der Waals surface area contributed by atoms with Crippen LogP contribution in [0.4, 0.5) is 0 Å². The monoisotopic (exact) mass is 217 g/mol. The molecule has 0 heterocycles. The largest absolute Gasteiger partial charge is 0.481 e. The Balaban J connectivity index is 3.81. The lowest BCUT2D eigenvalue weighted by molar-refractivity contribution is -0.137. The van der Waals surface area contributed by atoms with Gasteiger partial charge in [0.05, 0.1) is 6.61 Å². The fraction of sp³-hybridized carbons (Fsp3) is 0.667. The number of aliphatic carboxylic acids is 1. The third-order valence-electron chi connectivity index (χ3n) is 1.80. The fourth-order valence-electron chi connectivity index (χ4n) is 0.942. The topological polar surface area (TPSA) is 104 Å². The van der Waals surface area contributed by atoms with E-state index in [0.29, 0.717) is 0 Å². The molecule has 0 aliphatic heterocycles. The van der Waals surface area contributed by atoms with Gasteiger partial charge in [-0.05, 0) is 13.3 Å². The summed E-state index contributed by atoms with van der Waals surface area (Å²) in [6.07, 6.45) is 0.171. The maximum absolute atomic E-state index is 11.1. The molecule has 15 heavy (non-hydrogen) atoms. The van der Waals surface area contributed by atoms with Gasteiger partial charge in [0.1, 0.15) is 6.04 Å². The summed E-state index contributed by atoms with van der Waals surface area (Å²) < 4.78 is 0.